The van der Waals surface area contributed by atoms with Crippen LogP contribution in [0.2, 0.25) is 0 Å². The van der Waals surface area contributed by atoms with Gasteiger partial charge >= 0.3 is 0 Å². The molecule has 1 rings (SSSR count). The second-order valence-corrected chi connectivity index (χ2v) is 4.12. The number of rotatable bonds is 0. The van der Waals surface area contributed by atoms with Crippen LogP contribution in [0.5, 0.6) is 0 Å². The van der Waals surface area contributed by atoms with E-state index in [1.54, 1.807) is 22.3 Å². The summed E-state index contributed by atoms with van der Waals surface area (Å²) < 4.78 is 0. The second kappa shape index (κ2) is 3.93. The highest BCUT2D eigenvalue weighted by atomic mass is 14.1. The zero-order chi connectivity index (χ0) is 9.14. The summed E-state index contributed by atoms with van der Waals surface area (Å²) in [6.07, 6.45) is 5.09. The normalized spacial score (nSPS) is 21.0. The largest absolute Gasteiger partial charge is 0.0741 e. The van der Waals surface area contributed by atoms with Gasteiger partial charge in [-0.3, -0.25) is 0 Å². The molecular weight excluding hydrogens is 144 g/mol. The number of allylic oxidation sites excluding steroid dienone is 4. The molecule has 0 unspecified atom stereocenters. The lowest BCUT2D eigenvalue weighted by atomic mass is 9.92. The third-order valence-corrected chi connectivity index (χ3v) is 3.21. The Morgan fingerprint density at radius 3 is 0.833 bits per heavy atom. The van der Waals surface area contributed by atoms with E-state index in [0.717, 1.165) is 0 Å². The van der Waals surface area contributed by atoms with Gasteiger partial charge in [-0.25, -0.2) is 0 Å². The van der Waals surface area contributed by atoms with Crippen molar-refractivity contribution >= 4 is 0 Å². The predicted molar refractivity (Wildman–Crippen MR) is 55.2 cm³/mol. The molecule has 0 saturated carbocycles. The Morgan fingerprint density at radius 2 is 0.667 bits per heavy atom. The molecule has 1 aliphatic carbocycles. The summed E-state index contributed by atoms with van der Waals surface area (Å²) in [7, 11) is 0. The summed E-state index contributed by atoms with van der Waals surface area (Å²) in [5.41, 5.74) is 6.45. The Bertz CT molecular complexity index is 178. The van der Waals surface area contributed by atoms with Crippen LogP contribution in [-0.4, -0.2) is 0 Å². The first kappa shape index (κ1) is 9.57. The maximum Gasteiger partial charge on any atom is -0.0283 e. The maximum absolute atomic E-state index is 2.28. The average molecular weight is 164 g/mol. The summed E-state index contributed by atoms with van der Waals surface area (Å²) >= 11 is 0. The molecule has 0 heteroatoms. The lowest BCUT2D eigenvalue weighted by Gasteiger charge is -2.15. The monoisotopic (exact) mass is 164 g/mol. The van der Waals surface area contributed by atoms with E-state index in [-0.39, 0.29) is 0 Å². The van der Waals surface area contributed by atoms with E-state index in [4.69, 9.17) is 0 Å². The van der Waals surface area contributed by atoms with Gasteiger partial charge in [0.1, 0.15) is 0 Å². The molecule has 0 aliphatic heterocycles. The first-order valence-corrected chi connectivity index (χ1v) is 4.91. The highest BCUT2D eigenvalue weighted by Gasteiger charge is 2.05. The van der Waals surface area contributed by atoms with Crippen molar-refractivity contribution < 1.29 is 0 Å². The minimum atomic E-state index is 1.27. The standard InChI is InChI=1S/C12H20/c1-9-5-6-11(3)12(4)8-7-10(9)2/h5-8H2,1-4H3. The zero-order valence-electron chi connectivity index (χ0n) is 8.83. The molecule has 0 bridgehead atoms. The van der Waals surface area contributed by atoms with Crippen molar-refractivity contribution in [2.24, 2.45) is 0 Å². The van der Waals surface area contributed by atoms with Crippen LogP contribution in [0.25, 0.3) is 0 Å². The van der Waals surface area contributed by atoms with Gasteiger partial charge in [0, 0.05) is 0 Å². The van der Waals surface area contributed by atoms with Crippen LogP contribution in [0.1, 0.15) is 53.4 Å². The Labute approximate surface area is 76.4 Å². The molecule has 12 heavy (non-hydrogen) atoms. The molecule has 1 aliphatic rings. The second-order valence-electron chi connectivity index (χ2n) is 4.12. The molecule has 0 aromatic carbocycles. The summed E-state index contributed by atoms with van der Waals surface area (Å²) in [6, 6.07) is 0. The van der Waals surface area contributed by atoms with E-state index in [9.17, 15) is 0 Å². The van der Waals surface area contributed by atoms with Gasteiger partial charge < -0.3 is 0 Å². The Hall–Kier alpha value is -0.520. The van der Waals surface area contributed by atoms with Crippen molar-refractivity contribution in [2.75, 3.05) is 0 Å². The summed E-state index contributed by atoms with van der Waals surface area (Å²) in [4.78, 5) is 0. The highest BCUT2D eigenvalue weighted by Crippen LogP contribution is 2.25. The molecule has 0 radical (unpaired) electrons. The third-order valence-electron chi connectivity index (χ3n) is 3.21. The lowest BCUT2D eigenvalue weighted by molar-refractivity contribution is 0.800. The van der Waals surface area contributed by atoms with Crippen LogP contribution in [-0.2, 0) is 0 Å². The third kappa shape index (κ3) is 2.23. The van der Waals surface area contributed by atoms with Gasteiger partial charge in [-0.2, -0.15) is 0 Å². The van der Waals surface area contributed by atoms with Crippen LogP contribution in [0.3, 0.4) is 0 Å². The Balaban J connectivity index is 2.73. The molecule has 0 aromatic heterocycles. The average Bonchev–Trinajstić information content (AvgIpc) is 2.07. The fourth-order valence-corrected chi connectivity index (χ4v) is 1.60. The van der Waals surface area contributed by atoms with Crippen molar-refractivity contribution in [3.8, 4) is 0 Å². The van der Waals surface area contributed by atoms with Gasteiger partial charge in [0.2, 0.25) is 0 Å². The smallest absolute Gasteiger partial charge is 0.0283 e. The fraction of sp³-hybridized carbons (Fsp3) is 0.667. The SMILES string of the molecule is CC1=C(C)CCC(C)=C(C)CC1. The van der Waals surface area contributed by atoms with Crippen LogP contribution >= 0.6 is 0 Å². The van der Waals surface area contributed by atoms with Gasteiger partial charge in [-0.1, -0.05) is 22.3 Å². The molecule has 0 N–H and O–H groups in total. The highest BCUT2D eigenvalue weighted by molar-refractivity contribution is 5.19. The molecule has 0 saturated heterocycles. The molecule has 0 nitrogen and oxygen atoms in total. The molecule has 0 heterocycles. The van der Waals surface area contributed by atoms with E-state index in [1.165, 1.54) is 25.7 Å². The molecule has 0 atom stereocenters. The number of hydrogen-bond donors (Lipinski definition) is 0. The molecular formula is C12H20. The molecule has 0 spiro atoms. The summed E-state index contributed by atoms with van der Waals surface area (Å²) in [5.74, 6) is 0. The first-order valence-electron chi connectivity index (χ1n) is 4.91. The molecule has 0 fully saturated rings. The van der Waals surface area contributed by atoms with E-state index in [1.807, 2.05) is 0 Å². The zero-order valence-corrected chi connectivity index (χ0v) is 8.83. The van der Waals surface area contributed by atoms with Crippen LogP contribution < -0.4 is 0 Å². The predicted octanol–water partition coefficient (Wildman–Crippen LogP) is 4.23. The molecule has 68 valence electrons. The van der Waals surface area contributed by atoms with Crippen molar-refractivity contribution in [2.45, 2.75) is 53.4 Å². The first-order chi connectivity index (χ1) is 5.61. The number of hydrogen-bond acceptors (Lipinski definition) is 0. The van der Waals surface area contributed by atoms with Crippen LogP contribution in [0.4, 0.5) is 0 Å². The lowest BCUT2D eigenvalue weighted by Crippen LogP contribution is -1.95. The maximum atomic E-state index is 2.28. The van der Waals surface area contributed by atoms with Crippen molar-refractivity contribution in [3.63, 3.8) is 0 Å². The fourth-order valence-electron chi connectivity index (χ4n) is 1.60. The van der Waals surface area contributed by atoms with Crippen LogP contribution in [0.15, 0.2) is 22.3 Å². The van der Waals surface area contributed by atoms with Gasteiger partial charge in [-0.15, -0.1) is 0 Å². The van der Waals surface area contributed by atoms with Gasteiger partial charge in [0.15, 0.2) is 0 Å². The Kier molecular flexibility index (Phi) is 3.13. The minimum absolute atomic E-state index is 1.27. The van der Waals surface area contributed by atoms with Crippen LogP contribution in [0, 0.1) is 0 Å². The molecule has 0 aromatic rings. The van der Waals surface area contributed by atoms with E-state index >= 15 is 0 Å². The molecule has 0 amide bonds. The van der Waals surface area contributed by atoms with Gasteiger partial charge in [0.05, 0.1) is 0 Å². The summed E-state index contributed by atoms with van der Waals surface area (Å²) in [5, 5.41) is 0. The van der Waals surface area contributed by atoms with Crippen molar-refractivity contribution in [1.29, 1.82) is 0 Å². The van der Waals surface area contributed by atoms with Crippen molar-refractivity contribution in [3.05, 3.63) is 22.3 Å². The van der Waals surface area contributed by atoms with E-state index in [0.29, 0.717) is 0 Å². The van der Waals surface area contributed by atoms with E-state index in [2.05, 4.69) is 27.7 Å². The summed E-state index contributed by atoms with van der Waals surface area (Å²) in [6.45, 7) is 9.12. The van der Waals surface area contributed by atoms with Gasteiger partial charge in [-0.05, 0) is 53.4 Å². The minimum Gasteiger partial charge on any atom is -0.0741 e. The Morgan fingerprint density at radius 1 is 0.500 bits per heavy atom. The van der Waals surface area contributed by atoms with Gasteiger partial charge in [0.25, 0.3) is 0 Å². The topological polar surface area (TPSA) is 0 Å². The van der Waals surface area contributed by atoms with Crippen molar-refractivity contribution in [1.82, 2.24) is 0 Å². The van der Waals surface area contributed by atoms with E-state index < -0.39 is 0 Å². The quantitative estimate of drug-likeness (QED) is 0.470.